The second-order valence-electron chi connectivity index (χ2n) is 7.55. The second-order valence-corrected chi connectivity index (χ2v) is 7.55. The Hall–Kier alpha value is -0.0800. The monoisotopic (exact) mass is 211 g/mol. The van der Waals surface area contributed by atoms with Crippen molar-refractivity contribution in [3.63, 3.8) is 0 Å². The first kappa shape index (κ1) is 11.4. The zero-order valence-electron chi connectivity index (χ0n) is 10.6. The Kier molecular flexibility index (Phi) is 2.11. The molecule has 0 radical (unpaired) electrons. The molecule has 0 aliphatic heterocycles. The molecule has 2 rings (SSSR count). The third kappa shape index (κ3) is 1.72. The minimum atomic E-state index is -0.605. The van der Waals surface area contributed by atoms with Gasteiger partial charge in [0.15, 0.2) is 0 Å². The van der Waals surface area contributed by atoms with Crippen LogP contribution in [0.15, 0.2) is 0 Å². The molecule has 15 heavy (non-hydrogen) atoms. The van der Waals surface area contributed by atoms with Gasteiger partial charge in [0.05, 0.1) is 5.60 Å². The van der Waals surface area contributed by atoms with Crippen LogP contribution in [0.1, 0.15) is 59.8 Å². The van der Waals surface area contributed by atoms with Crippen LogP contribution < -0.4 is 5.73 Å². The van der Waals surface area contributed by atoms with E-state index in [1.165, 1.54) is 0 Å². The van der Waals surface area contributed by atoms with Crippen molar-refractivity contribution in [2.45, 2.75) is 70.9 Å². The lowest BCUT2D eigenvalue weighted by Gasteiger charge is -2.58. The number of aliphatic hydroxyl groups is 1. The molecule has 2 aliphatic rings. The normalized spacial score (nSPS) is 41.2. The van der Waals surface area contributed by atoms with Gasteiger partial charge in [-0.05, 0) is 42.9 Å². The lowest BCUT2D eigenvalue weighted by atomic mass is 9.53. The maximum Gasteiger partial charge on any atom is 0.0832 e. The summed E-state index contributed by atoms with van der Waals surface area (Å²) >= 11 is 0. The highest BCUT2D eigenvalue weighted by Gasteiger charge is 2.61. The minimum absolute atomic E-state index is 0.265. The molecule has 2 saturated carbocycles. The fourth-order valence-corrected chi connectivity index (χ4v) is 3.92. The summed E-state index contributed by atoms with van der Waals surface area (Å²) in [5.74, 6) is 0. The third-order valence-corrected chi connectivity index (χ3v) is 4.50. The number of nitrogens with two attached hydrogens (primary N) is 1. The van der Waals surface area contributed by atoms with Gasteiger partial charge in [-0.3, -0.25) is 0 Å². The second kappa shape index (κ2) is 2.78. The first-order valence-electron chi connectivity index (χ1n) is 6.09. The van der Waals surface area contributed by atoms with Crippen LogP contribution in [0.4, 0.5) is 0 Å². The summed E-state index contributed by atoms with van der Waals surface area (Å²) in [6.07, 6.45) is 4.78. The van der Waals surface area contributed by atoms with E-state index in [4.69, 9.17) is 5.73 Å². The fourth-order valence-electron chi connectivity index (χ4n) is 3.92. The van der Waals surface area contributed by atoms with Gasteiger partial charge in [0.25, 0.3) is 0 Å². The van der Waals surface area contributed by atoms with Gasteiger partial charge < -0.3 is 10.8 Å². The summed E-state index contributed by atoms with van der Waals surface area (Å²) in [5.41, 5.74) is 6.06. The van der Waals surface area contributed by atoms with Crippen LogP contribution in [0.2, 0.25) is 0 Å². The first-order valence-corrected chi connectivity index (χ1v) is 6.09. The maximum atomic E-state index is 10.7. The van der Waals surface area contributed by atoms with Crippen LogP contribution in [-0.2, 0) is 0 Å². The number of rotatable bonds is 1. The summed E-state index contributed by atoms with van der Waals surface area (Å²) in [6, 6.07) is 0. The zero-order chi connectivity index (χ0) is 11.5. The Bertz CT molecular complexity index is 274. The Balaban J connectivity index is 2.12. The van der Waals surface area contributed by atoms with Crippen molar-refractivity contribution < 1.29 is 5.11 Å². The van der Waals surface area contributed by atoms with Gasteiger partial charge >= 0.3 is 0 Å². The van der Waals surface area contributed by atoms with Gasteiger partial charge in [-0.15, -0.1) is 0 Å². The zero-order valence-corrected chi connectivity index (χ0v) is 10.6. The summed E-state index contributed by atoms with van der Waals surface area (Å²) < 4.78 is 0. The van der Waals surface area contributed by atoms with E-state index in [9.17, 15) is 5.11 Å². The lowest BCUT2D eigenvalue weighted by Crippen LogP contribution is -2.69. The van der Waals surface area contributed by atoms with Crippen LogP contribution in [-0.4, -0.2) is 16.2 Å². The van der Waals surface area contributed by atoms with Gasteiger partial charge in [-0.2, -0.15) is 0 Å². The predicted octanol–water partition coefficient (Wildman–Crippen LogP) is 2.45. The van der Waals surface area contributed by atoms with E-state index in [-0.39, 0.29) is 11.0 Å². The van der Waals surface area contributed by atoms with Gasteiger partial charge in [0.1, 0.15) is 0 Å². The standard InChI is InChI=1S/C13H25NO/c1-10(2)5-6-13(15,9-10)12(14)7-11(3,4)8-12/h15H,5-9,14H2,1-4H3. The quantitative estimate of drug-likeness (QED) is 0.700. The Morgan fingerprint density at radius 2 is 1.40 bits per heavy atom. The molecular formula is C13H25NO. The van der Waals surface area contributed by atoms with Crippen molar-refractivity contribution >= 4 is 0 Å². The summed E-state index contributed by atoms with van der Waals surface area (Å²) in [6.45, 7) is 8.94. The summed E-state index contributed by atoms with van der Waals surface area (Å²) in [4.78, 5) is 0. The van der Waals surface area contributed by atoms with Crippen LogP contribution in [0.25, 0.3) is 0 Å². The first-order chi connectivity index (χ1) is 6.58. The molecule has 2 fully saturated rings. The van der Waals surface area contributed by atoms with E-state index >= 15 is 0 Å². The van der Waals surface area contributed by atoms with E-state index in [0.29, 0.717) is 5.41 Å². The molecule has 0 amide bonds. The van der Waals surface area contributed by atoms with Gasteiger partial charge in [0.2, 0.25) is 0 Å². The van der Waals surface area contributed by atoms with Crippen molar-refractivity contribution in [1.82, 2.24) is 0 Å². The van der Waals surface area contributed by atoms with E-state index in [1.807, 2.05) is 0 Å². The average Bonchev–Trinajstić information content (AvgIpc) is 2.22. The van der Waals surface area contributed by atoms with E-state index in [1.54, 1.807) is 0 Å². The van der Waals surface area contributed by atoms with Gasteiger partial charge in [-0.1, -0.05) is 27.7 Å². The molecule has 2 heteroatoms. The van der Waals surface area contributed by atoms with E-state index in [0.717, 1.165) is 32.1 Å². The SMILES string of the molecule is CC1(C)CC(N)(C2(O)CCC(C)(C)C2)C1. The molecule has 0 aromatic heterocycles. The van der Waals surface area contributed by atoms with Crippen molar-refractivity contribution in [1.29, 1.82) is 0 Å². The molecule has 0 heterocycles. The topological polar surface area (TPSA) is 46.2 Å². The smallest absolute Gasteiger partial charge is 0.0832 e. The van der Waals surface area contributed by atoms with Crippen LogP contribution >= 0.6 is 0 Å². The van der Waals surface area contributed by atoms with Crippen LogP contribution in [0.5, 0.6) is 0 Å². The molecule has 2 nitrogen and oxygen atoms in total. The van der Waals surface area contributed by atoms with Gasteiger partial charge in [0, 0.05) is 5.54 Å². The highest BCUT2D eigenvalue weighted by molar-refractivity contribution is 5.17. The number of hydrogen-bond acceptors (Lipinski definition) is 2. The maximum absolute atomic E-state index is 10.7. The van der Waals surface area contributed by atoms with Crippen LogP contribution in [0.3, 0.4) is 0 Å². The molecule has 0 spiro atoms. The van der Waals surface area contributed by atoms with Crippen molar-refractivity contribution in [2.24, 2.45) is 16.6 Å². The van der Waals surface area contributed by atoms with Crippen LogP contribution in [0, 0.1) is 10.8 Å². The molecule has 0 aromatic rings. The molecule has 1 unspecified atom stereocenters. The Labute approximate surface area is 93.2 Å². The third-order valence-electron chi connectivity index (χ3n) is 4.50. The Morgan fingerprint density at radius 1 is 0.867 bits per heavy atom. The highest BCUT2D eigenvalue weighted by Crippen LogP contribution is 2.58. The van der Waals surface area contributed by atoms with E-state index in [2.05, 4.69) is 27.7 Å². The fraction of sp³-hybridized carbons (Fsp3) is 1.00. The summed E-state index contributed by atoms with van der Waals surface area (Å²) in [7, 11) is 0. The van der Waals surface area contributed by atoms with E-state index < -0.39 is 5.60 Å². The highest BCUT2D eigenvalue weighted by atomic mass is 16.3. The number of hydrogen-bond donors (Lipinski definition) is 2. The van der Waals surface area contributed by atoms with Crippen molar-refractivity contribution in [3.05, 3.63) is 0 Å². The molecule has 2 aliphatic carbocycles. The molecule has 0 aromatic carbocycles. The predicted molar refractivity (Wildman–Crippen MR) is 62.5 cm³/mol. The van der Waals surface area contributed by atoms with Crippen molar-refractivity contribution in [3.8, 4) is 0 Å². The molecule has 88 valence electrons. The molecule has 3 N–H and O–H groups in total. The van der Waals surface area contributed by atoms with Crippen molar-refractivity contribution in [2.75, 3.05) is 0 Å². The molecule has 0 saturated heterocycles. The molecule has 0 bridgehead atoms. The Morgan fingerprint density at radius 3 is 1.73 bits per heavy atom. The largest absolute Gasteiger partial charge is 0.388 e. The summed E-state index contributed by atoms with van der Waals surface area (Å²) in [5, 5.41) is 10.7. The lowest BCUT2D eigenvalue weighted by molar-refractivity contribution is -0.116. The molecular weight excluding hydrogens is 186 g/mol. The average molecular weight is 211 g/mol. The van der Waals surface area contributed by atoms with Gasteiger partial charge in [-0.25, -0.2) is 0 Å². The minimum Gasteiger partial charge on any atom is -0.388 e. The molecule has 1 atom stereocenters.